The van der Waals surface area contributed by atoms with Gasteiger partial charge in [0.2, 0.25) is 0 Å². The number of rotatable bonds is 6. The Kier molecular flexibility index (Phi) is 5.43. The number of hydrogen-bond donors (Lipinski definition) is 2. The highest BCUT2D eigenvalue weighted by atomic mass is 32.1. The monoisotopic (exact) mass is 372 g/mol. The molecule has 2 aliphatic rings. The minimum absolute atomic E-state index is 0.0314. The number of aliphatic hydroxyl groups is 1. The third kappa shape index (κ3) is 3.47. The van der Waals surface area contributed by atoms with Gasteiger partial charge in [-0.05, 0) is 43.6 Å². The second-order valence-electron chi connectivity index (χ2n) is 7.54. The van der Waals surface area contributed by atoms with E-state index in [1.54, 1.807) is 0 Å². The molecule has 1 spiro atoms. The van der Waals surface area contributed by atoms with Crippen LogP contribution in [-0.2, 0) is 11.3 Å². The van der Waals surface area contributed by atoms with Crippen molar-refractivity contribution in [3.8, 4) is 10.4 Å². The maximum atomic E-state index is 10.4. The van der Waals surface area contributed by atoms with Crippen molar-refractivity contribution in [2.45, 2.75) is 38.0 Å². The van der Waals surface area contributed by atoms with Crippen molar-refractivity contribution in [2.75, 3.05) is 26.2 Å². The first-order valence-corrected chi connectivity index (χ1v) is 10.4. The molecule has 0 bridgehead atoms. The predicted octanol–water partition coefficient (Wildman–Crippen LogP) is 3.11. The van der Waals surface area contributed by atoms with E-state index in [1.165, 1.54) is 15.3 Å². The third-order valence-corrected chi connectivity index (χ3v) is 7.18. The van der Waals surface area contributed by atoms with Crippen LogP contribution >= 0.6 is 11.3 Å². The minimum atomic E-state index is -0.209. The zero-order valence-corrected chi connectivity index (χ0v) is 16.0. The Labute approximate surface area is 159 Å². The summed E-state index contributed by atoms with van der Waals surface area (Å²) in [5.74, 6) is 0. The molecule has 1 aliphatic carbocycles. The molecule has 2 heterocycles. The molecule has 1 aliphatic heterocycles. The molecule has 0 radical (unpaired) electrons. The summed E-state index contributed by atoms with van der Waals surface area (Å²) < 4.78 is 5.90. The van der Waals surface area contributed by atoms with Gasteiger partial charge in [0.15, 0.2) is 0 Å². The quantitative estimate of drug-likeness (QED) is 0.818. The fourth-order valence-electron chi connectivity index (χ4n) is 4.39. The summed E-state index contributed by atoms with van der Waals surface area (Å²) in [6, 6.07) is 15.0. The summed E-state index contributed by atoms with van der Waals surface area (Å²) in [6.45, 7) is 4.20. The van der Waals surface area contributed by atoms with Crippen LogP contribution in [0.1, 0.15) is 24.1 Å². The molecule has 0 unspecified atom stereocenters. The lowest BCUT2D eigenvalue weighted by Crippen LogP contribution is -2.62. The summed E-state index contributed by atoms with van der Waals surface area (Å²) in [5.41, 5.74) is 6.82. The number of aliphatic hydroxyl groups excluding tert-OH is 1. The Balaban J connectivity index is 1.34. The Morgan fingerprint density at radius 3 is 2.62 bits per heavy atom. The van der Waals surface area contributed by atoms with Gasteiger partial charge in [0.25, 0.3) is 0 Å². The second-order valence-corrected chi connectivity index (χ2v) is 8.71. The molecular formula is C21H28N2O2S. The number of likely N-dealkylation sites (tertiary alicyclic amines) is 1. The average Bonchev–Trinajstić information content (AvgIpc) is 3.15. The molecule has 1 saturated heterocycles. The van der Waals surface area contributed by atoms with E-state index in [2.05, 4.69) is 47.4 Å². The molecule has 1 saturated carbocycles. The van der Waals surface area contributed by atoms with Crippen molar-refractivity contribution < 1.29 is 9.84 Å². The number of benzene rings is 1. The van der Waals surface area contributed by atoms with Crippen molar-refractivity contribution in [2.24, 2.45) is 11.1 Å². The maximum absolute atomic E-state index is 10.4. The largest absolute Gasteiger partial charge is 0.392 e. The zero-order chi connectivity index (χ0) is 18.0. The van der Waals surface area contributed by atoms with Crippen LogP contribution in [0.5, 0.6) is 0 Å². The van der Waals surface area contributed by atoms with E-state index in [9.17, 15) is 5.11 Å². The van der Waals surface area contributed by atoms with E-state index in [-0.39, 0.29) is 17.6 Å². The van der Waals surface area contributed by atoms with Crippen LogP contribution in [0.15, 0.2) is 42.5 Å². The lowest BCUT2D eigenvalue weighted by Gasteiger charge is -2.56. The Morgan fingerprint density at radius 2 is 1.92 bits per heavy atom. The maximum Gasteiger partial charge on any atom is 0.0682 e. The molecule has 0 amide bonds. The number of hydrogen-bond acceptors (Lipinski definition) is 5. The minimum Gasteiger partial charge on any atom is -0.392 e. The van der Waals surface area contributed by atoms with Crippen LogP contribution in [0.4, 0.5) is 0 Å². The van der Waals surface area contributed by atoms with Gasteiger partial charge in [-0.1, -0.05) is 30.3 Å². The van der Waals surface area contributed by atoms with Crippen LogP contribution in [-0.4, -0.2) is 48.5 Å². The van der Waals surface area contributed by atoms with Crippen LogP contribution < -0.4 is 5.73 Å². The molecule has 2 atom stereocenters. The van der Waals surface area contributed by atoms with Gasteiger partial charge in [0.1, 0.15) is 0 Å². The molecule has 2 aromatic rings. The Morgan fingerprint density at radius 1 is 1.15 bits per heavy atom. The first kappa shape index (κ1) is 18.1. The molecule has 4 nitrogen and oxygen atoms in total. The highest BCUT2D eigenvalue weighted by Crippen LogP contribution is 2.51. The molecular weight excluding hydrogens is 344 g/mol. The standard InChI is InChI=1S/C21H28N2O2S/c22-10-13-25-20-14-19(24)21(20)8-11-23(12-9-21)15-17-6-7-18(26-17)16-4-2-1-3-5-16/h1-7,19-20,24H,8-15,22H2/t19-,20+/m1/s1. The molecule has 140 valence electrons. The van der Waals surface area contributed by atoms with E-state index in [4.69, 9.17) is 10.5 Å². The number of ether oxygens (including phenoxy) is 1. The molecule has 1 aromatic carbocycles. The smallest absolute Gasteiger partial charge is 0.0682 e. The van der Waals surface area contributed by atoms with Gasteiger partial charge in [-0.2, -0.15) is 0 Å². The number of thiophene rings is 1. The fourth-order valence-corrected chi connectivity index (χ4v) is 5.45. The Bertz CT molecular complexity index is 710. The van der Waals surface area contributed by atoms with Gasteiger partial charge in [0.05, 0.1) is 18.8 Å². The van der Waals surface area contributed by atoms with Crippen molar-refractivity contribution in [1.29, 1.82) is 0 Å². The molecule has 3 N–H and O–H groups in total. The zero-order valence-electron chi connectivity index (χ0n) is 15.1. The van der Waals surface area contributed by atoms with Crippen molar-refractivity contribution in [3.63, 3.8) is 0 Å². The van der Waals surface area contributed by atoms with Gasteiger partial charge in [-0.15, -0.1) is 11.3 Å². The summed E-state index contributed by atoms with van der Waals surface area (Å²) in [5, 5.41) is 10.4. The second kappa shape index (κ2) is 7.79. The van der Waals surface area contributed by atoms with Crippen LogP contribution in [0.25, 0.3) is 10.4 Å². The van der Waals surface area contributed by atoms with E-state index >= 15 is 0 Å². The highest BCUT2D eigenvalue weighted by molar-refractivity contribution is 7.15. The van der Waals surface area contributed by atoms with Crippen LogP contribution in [0, 0.1) is 5.41 Å². The molecule has 26 heavy (non-hydrogen) atoms. The number of nitrogens with zero attached hydrogens (tertiary/aromatic N) is 1. The van der Waals surface area contributed by atoms with Crippen LogP contribution in [0.2, 0.25) is 0 Å². The van der Waals surface area contributed by atoms with Gasteiger partial charge in [0, 0.05) is 34.7 Å². The number of piperidine rings is 1. The van der Waals surface area contributed by atoms with Gasteiger partial charge < -0.3 is 15.6 Å². The normalized spacial score (nSPS) is 25.3. The Hall–Kier alpha value is -1.24. The molecule has 2 fully saturated rings. The van der Waals surface area contributed by atoms with E-state index < -0.39 is 0 Å². The molecule has 5 heteroatoms. The first-order valence-electron chi connectivity index (χ1n) is 9.57. The predicted molar refractivity (Wildman–Crippen MR) is 106 cm³/mol. The summed E-state index contributed by atoms with van der Waals surface area (Å²) in [4.78, 5) is 5.25. The van der Waals surface area contributed by atoms with E-state index in [1.807, 2.05) is 11.3 Å². The topological polar surface area (TPSA) is 58.7 Å². The van der Waals surface area contributed by atoms with Crippen LogP contribution in [0.3, 0.4) is 0 Å². The summed E-state index contributed by atoms with van der Waals surface area (Å²) in [6.07, 6.45) is 2.78. The fraction of sp³-hybridized carbons (Fsp3) is 0.524. The van der Waals surface area contributed by atoms with Crippen molar-refractivity contribution in [3.05, 3.63) is 47.3 Å². The lowest BCUT2D eigenvalue weighted by atomic mass is 9.58. The van der Waals surface area contributed by atoms with Gasteiger partial charge in [-0.25, -0.2) is 0 Å². The third-order valence-electron chi connectivity index (χ3n) is 6.07. The summed E-state index contributed by atoms with van der Waals surface area (Å²) in [7, 11) is 0. The molecule has 1 aromatic heterocycles. The van der Waals surface area contributed by atoms with Gasteiger partial charge >= 0.3 is 0 Å². The van der Waals surface area contributed by atoms with Crippen molar-refractivity contribution >= 4 is 11.3 Å². The highest BCUT2D eigenvalue weighted by Gasteiger charge is 2.55. The van der Waals surface area contributed by atoms with E-state index in [0.29, 0.717) is 13.2 Å². The van der Waals surface area contributed by atoms with Gasteiger partial charge in [-0.3, -0.25) is 4.90 Å². The SMILES string of the molecule is NCCO[C@H]1C[C@@H](O)C12CCN(Cc1ccc(-c3ccccc3)s1)CC2. The molecule has 4 rings (SSSR count). The van der Waals surface area contributed by atoms with Crippen molar-refractivity contribution in [1.82, 2.24) is 4.90 Å². The average molecular weight is 373 g/mol. The van der Waals surface area contributed by atoms with E-state index in [0.717, 1.165) is 38.9 Å². The first-order chi connectivity index (χ1) is 12.7. The lowest BCUT2D eigenvalue weighted by molar-refractivity contribution is -0.210. The number of nitrogens with two attached hydrogens (primary N) is 1. The summed E-state index contributed by atoms with van der Waals surface area (Å²) >= 11 is 1.88.